The molecular weight excluding hydrogens is 336 g/mol. The minimum Gasteiger partial charge on any atom is -0.494 e. The first-order valence-corrected chi connectivity index (χ1v) is 8.65. The van der Waals surface area contributed by atoms with Crippen LogP contribution in [-0.2, 0) is 9.59 Å². The van der Waals surface area contributed by atoms with Crippen molar-refractivity contribution in [2.75, 3.05) is 23.4 Å². The van der Waals surface area contributed by atoms with E-state index in [1.807, 2.05) is 31.2 Å². The number of nitrogens with zero attached hydrogens (tertiary/aromatic N) is 3. The van der Waals surface area contributed by atoms with E-state index in [9.17, 15) is 9.59 Å². The zero-order valence-corrected chi connectivity index (χ0v) is 15.1. The van der Waals surface area contributed by atoms with Gasteiger partial charge in [-0.3, -0.25) is 14.9 Å². The van der Waals surface area contributed by atoms with Gasteiger partial charge in [-0.25, -0.2) is 0 Å². The topological polar surface area (TPSA) is 97.6 Å². The van der Waals surface area contributed by atoms with Gasteiger partial charge in [0.15, 0.2) is 0 Å². The third-order valence-corrected chi connectivity index (χ3v) is 4.13. The van der Waals surface area contributed by atoms with Crippen LogP contribution in [0, 0.1) is 5.92 Å². The number of anilines is 2. The summed E-state index contributed by atoms with van der Waals surface area (Å²) in [5.74, 6) is 0.524. The molecule has 1 N–H and O–H groups in total. The lowest BCUT2D eigenvalue weighted by molar-refractivity contribution is -0.119. The summed E-state index contributed by atoms with van der Waals surface area (Å²) >= 11 is 0. The summed E-state index contributed by atoms with van der Waals surface area (Å²) in [6.45, 7) is 6.52. The van der Waals surface area contributed by atoms with Gasteiger partial charge in [0.1, 0.15) is 5.75 Å². The Bertz CT molecular complexity index is 785. The molecule has 1 saturated heterocycles. The number of hydrogen-bond acceptors (Lipinski definition) is 6. The van der Waals surface area contributed by atoms with E-state index in [2.05, 4.69) is 15.5 Å². The number of hydrogen-bond donors (Lipinski definition) is 1. The molecule has 0 spiro atoms. The average Bonchev–Trinajstić information content (AvgIpc) is 3.22. The molecule has 1 aliphatic rings. The second-order valence-corrected chi connectivity index (χ2v) is 6.42. The summed E-state index contributed by atoms with van der Waals surface area (Å²) in [6.07, 6.45) is 0.285. The van der Waals surface area contributed by atoms with Crippen LogP contribution in [0.4, 0.5) is 11.7 Å². The first-order chi connectivity index (χ1) is 12.5. The fourth-order valence-corrected chi connectivity index (χ4v) is 2.71. The Balaban J connectivity index is 1.68. The second-order valence-electron chi connectivity index (χ2n) is 6.42. The highest BCUT2D eigenvalue weighted by atomic mass is 16.5. The summed E-state index contributed by atoms with van der Waals surface area (Å²) in [7, 11) is 0. The highest BCUT2D eigenvalue weighted by Crippen LogP contribution is 2.32. The van der Waals surface area contributed by atoms with E-state index in [-0.39, 0.29) is 36.1 Å². The summed E-state index contributed by atoms with van der Waals surface area (Å²) in [5.41, 5.74) is 0.800. The number of nitrogens with one attached hydrogen (secondary N) is 1. The molecule has 2 heterocycles. The standard InChI is InChI=1S/C18H22N4O4/c1-4-25-14-7-5-13(6-8-14)22-10-12(9-15(22)23)17-20-21-18(26-17)19-16(24)11(2)3/h5-8,11-12H,4,9-10H2,1-3H3,(H,19,21,24). The predicted molar refractivity (Wildman–Crippen MR) is 95.1 cm³/mol. The molecule has 0 radical (unpaired) electrons. The highest BCUT2D eigenvalue weighted by molar-refractivity contribution is 5.96. The van der Waals surface area contributed by atoms with Crippen LogP contribution in [0.25, 0.3) is 0 Å². The Morgan fingerprint density at radius 3 is 2.73 bits per heavy atom. The largest absolute Gasteiger partial charge is 0.494 e. The molecule has 2 aromatic rings. The van der Waals surface area contributed by atoms with Gasteiger partial charge in [-0.05, 0) is 31.2 Å². The van der Waals surface area contributed by atoms with Gasteiger partial charge in [-0.15, -0.1) is 5.10 Å². The molecule has 1 aromatic carbocycles. The van der Waals surface area contributed by atoms with Gasteiger partial charge in [0.05, 0.1) is 12.5 Å². The van der Waals surface area contributed by atoms with Crippen molar-refractivity contribution in [3.63, 3.8) is 0 Å². The van der Waals surface area contributed by atoms with Crippen LogP contribution in [-0.4, -0.2) is 35.2 Å². The molecule has 138 valence electrons. The van der Waals surface area contributed by atoms with Gasteiger partial charge in [0.25, 0.3) is 0 Å². The Labute approximate surface area is 151 Å². The minimum absolute atomic E-state index is 0.00914. The van der Waals surface area contributed by atoms with E-state index >= 15 is 0 Å². The molecule has 1 unspecified atom stereocenters. The Morgan fingerprint density at radius 1 is 1.35 bits per heavy atom. The number of benzene rings is 1. The van der Waals surface area contributed by atoms with E-state index in [1.165, 1.54) is 0 Å². The van der Waals surface area contributed by atoms with Crippen LogP contribution >= 0.6 is 0 Å². The zero-order valence-electron chi connectivity index (χ0n) is 15.1. The van der Waals surface area contributed by atoms with E-state index in [1.54, 1.807) is 18.7 Å². The summed E-state index contributed by atoms with van der Waals surface area (Å²) in [6, 6.07) is 7.45. The van der Waals surface area contributed by atoms with E-state index < -0.39 is 0 Å². The molecular formula is C18H22N4O4. The van der Waals surface area contributed by atoms with Gasteiger partial charge >= 0.3 is 6.01 Å². The van der Waals surface area contributed by atoms with E-state index in [0.717, 1.165) is 11.4 Å². The van der Waals surface area contributed by atoms with Gasteiger partial charge < -0.3 is 14.1 Å². The predicted octanol–water partition coefficient (Wildman–Crippen LogP) is 2.58. The Hall–Kier alpha value is -2.90. The molecule has 1 aliphatic heterocycles. The smallest absolute Gasteiger partial charge is 0.322 e. The minimum atomic E-state index is -0.203. The van der Waals surface area contributed by atoms with Gasteiger partial charge in [0, 0.05) is 24.6 Å². The van der Waals surface area contributed by atoms with Gasteiger partial charge in [0.2, 0.25) is 17.7 Å². The number of carbonyl (C=O) groups is 2. The lowest BCUT2D eigenvalue weighted by Gasteiger charge is -2.16. The lowest BCUT2D eigenvalue weighted by atomic mass is 10.1. The number of rotatable bonds is 6. The number of aromatic nitrogens is 2. The number of carbonyl (C=O) groups excluding carboxylic acids is 2. The molecule has 0 aliphatic carbocycles. The van der Waals surface area contributed by atoms with Crippen LogP contribution in [0.5, 0.6) is 5.75 Å². The molecule has 8 nitrogen and oxygen atoms in total. The van der Waals surface area contributed by atoms with Crippen LogP contribution in [0.3, 0.4) is 0 Å². The Kier molecular flexibility index (Phi) is 5.20. The number of ether oxygens (including phenoxy) is 1. The summed E-state index contributed by atoms with van der Waals surface area (Å²) in [4.78, 5) is 25.8. The van der Waals surface area contributed by atoms with Gasteiger partial charge in [-0.1, -0.05) is 18.9 Å². The molecule has 3 rings (SSSR count). The molecule has 1 aromatic heterocycles. The zero-order chi connectivity index (χ0) is 18.7. The second kappa shape index (κ2) is 7.55. The maximum atomic E-state index is 12.4. The quantitative estimate of drug-likeness (QED) is 0.852. The third-order valence-electron chi connectivity index (χ3n) is 4.13. The summed E-state index contributed by atoms with van der Waals surface area (Å²) in [5, 5.41) is 10.4. The van der Waals surface area contributed by atoms with E-state index in [0.29, 0.717) is 19.0 Å². The summed E-state index contributed by atoms with van der Waals surface area (Å²) < 4.78 is 10.9. The molecule has 0 saturated carbocycles. The van der Waals surface area contributed by atoms with E-state index in [4.69, 9.17) is 9.15 Å². The molecule has 1 fully saturated rings. The van der Waals surface area contributed by atoms with Crippen molar-refractivity contribution in [2.24, 2.45) is 5.92 Å². The average molecular weight is 358 g/mol. The monoisotopic (exact) mass is 358 g/mol. The van der Waals surface area contributed by atoms with Gasteiger partial charge in [-0.2, -0.15) is 0 Å². The lowest BCUT2D eigenvalue weighted by Crippen LogP contribution is -2.24. The number of amides is 2. The highest BCUT2D eigenvalue weighted by Gasteiger charge is 2.35. The van der Waals surface area contributed by atoms with Crippen molar-refractivity contribution in [2.45, 2.75) is 33.1 Å². The maximum Gasteiger partial charge on any atom is 0.322 e. The SMILES string of the molecule is CCOc1ccc(N2CC(c3nnc(NC(=O)C(C)C)o3)CC2=O)cc1. The first-order valence-electron chi connectivity index (χ1n) is 8.65. The van der Waals surface area contributed by atoms with Crippen molar-refractivity contribution < 1.29 is 18.7 Å². The first kappa shape index (κ1) is 17.9. The Morgan fingerprint density at radius 2 is 2.08 bits per heavy atom. The van der Waals surface area contributed by atoms with Crippen LogP contribution in [0.15, 0.2) is 28.7 Å². The third kappa shape index (κ3) is 3.84. The molecule has 8 heteroatoms. The normalized spacial score (nSPS) is 17.0. The fourth-order valence-electron chi connectivity index (χ4n) is 2.71. The van der Waals surface area contributed by atoms with Crippen molar-refractivity contribution in [3.05, 3.63) is 30.2 Å². The van der Waals surface area contributed by atoms with Crippen LogP contribution < -0.4 is 15.0 Å². The molecule has 26 heavy (non-hydrogen) atoms. The van der Waals surface area contributed by atoms with Crippen molar-refractivity contribution in [1.82, 2.24) is 10.2 Å². The van der Waals surface area contributed by atoms with Crippen molar-refractivity contribution in [3.8, 4) is 5.75 Å². The molecule has 1 atom stereocenters. The van der Waals surface area contributed by atoms with Crippen LogP contribution in [0.1, 0.15) is 39.0 Å². The molecule has 0 bridgehead atoms. The maximum absolute atomic E-state index is 12.4. The van der Waals surface area contributed by atoms with Crippen molar-refractivity contribution in [1.29, 1.82) is 0 Å². The van der Waals surface area contributed by atoms with Crippen LogP contribution in [0.2, 0.25) is 0 Å². The van der Waals surface area contributed by atoms with Crippen molar-refractivity contribution >= 4 is 23.5 Å². The fraction of sp³-hybridized carbons (Fsp3) is 0.444. The molecule has 2 amide bonds.